The van der Waals surface area contributed by atoms with E-state index in [2.05, 4.69) is 9.88 Å². The van der Waals surface area contributed by atoms with Crippen LogP contribution < -0.4 is 4.90 Å². The number of rotatable bonds is 2. The molecule has 2 aliphatic rings. The Kier molecular flexibility index (Phi) is 3.28. The van der Waals surface area contributed by atoms with Crippen molar-refractivity contribution in [3.63, 3.8) is 0 Å². The van der Waals surface area contributed by atoms with Crippen LogP contribution in [-0.2, 0) is 4.79 Å². The minimum atomic E-state index is 0.187. The Morgan fingerprint density at radius 1 is 1.18 bits per heavy atom. The monoisotopic (exact) mass is 299 g/mol. The Morgan fingerprint density at radius 2 is 1.95 bits per heavy atom. The van der Waals surface area contributed by atoms with Crippen LogP contribution in [0.5, 0.6) is 0 Å². The van der Waals surface area contributed by atoms with Crippen LogP contribution in [0.4, 0.5) is 6.01 Å². The van der Waals surface area contributed by atoms with Gasteiger partial charge >= 0.3 is 0 Å². The lowest BCUT2D eigenvalue weighted by atomic mass is 10.0. The summed E-state index contributed by atoms with van der Waals surface area (Å²) < 4.78 is 5.95. The third kappa shape index (κ3) is 2.16. The molecule has 2 aliphatic heterocycles. The number of anilines is 1. The SMILES string of the molecule is CC(=O)N1CCC[C@@H]1[C@H]1CCCN1c1nc2ccccc2o1. The van der Waals surface area contributed by atoms with Gasteiger partial charge in [0.05, 0.1) is 12.1 Å². The van der Waals surface area contributed by atoms with E-state index in [0.717, 1.165) is 49.9 Å². The molecule has 2 fully saturated rings. The van der Waals surface area contributed by atoms with Gasteiger partial charge in [-0.3, -0.25) is 4.79 Å². The Bertz CT molecular complexity index is 663. The van der Waals surface area contributed by atoms with Gasteiger partial charge in [0.1, 0.15) is 5.52 Å². The minimum absolute atomic E-state index is 0.187. The van der Waals surface area contributed by atoms with Crippen molar-refractivity contribution in [2.24, 2.45) is 0 Å². The predicted octanol–water partition coefficient (Wildman–Crippen LogP) is 2.81. The molecule has 0 N–H and O–H groups in total. The van der Waals surface area contributed by atoms with Gasteiger partial charge in [-0.2, -0.15) is 4.98 Å². The zero-order chi connectivity index (χ0) is 15.1. The molecule has 0 radical (unpaired) electrons. The van der Waals surface area contributed by atoms with Crippen molar-refractivity contribution in [1.29, 1.82) is 0 Å². The number of likely N-dealkylation sites (tertiary alicyclic amines) is 1. The normalized spacial score (nSPS) is 25.3. The highest BCUT2D eigenvalue weighted by Gasteiger charge is 2.40. The van der Waals surface area contributed by atoms with Gasteiger partial charge in [0.15, 0.2) is 5.58 Å². The second-order valence-corrected chi connectivity index (χ2v) is 6.29. The number of carbonyl (C=O) groups excluding carboxylic acids is 1. The standard InChI is InChI=1S/C17H21N3O2/c1-12(21)19-10-4-7-14(19)15-8-5-11-20(15)17-18-13-6-2-3-9-16(13)22-17/h2-3,6,9,14-15H,4-5,7-8,10-11H2,1H3/t14-,15-/m1/s1. The second kappa shape index (κ2) is 5.30. The molecule has 4 rings (SSSR count). The first-order valence-corrected chi connectivity index (χ1v) is 8.13. The number of aromatic nitrogens is 1. The van der Waals surface area contributed by atoms with Crippen LogP contribution in [0.1, 0.15) is 32.6 Å². The molecular formula is C17H21N3O2. The molecule has 1 aromatic heterocycles. The lowest BCUT2D eigenvalue weighted by molar-refractivity contribution is -0.129. The summed E-state index contributed by atoms with van der Waals surface area (Å²) in [5.74, 6) is 0.187. The summed E-state index contributed by atoms with van der Waals surface area (Å²) in [6, 6.07) is 9.21. The Balaban J connectivity index is 1.64. The van der Waals surface area contributed by atoms with Crippen LogP contribution in [0.15, 0.2) is 28.7 Å². The van der Waals surface area contributed by atoms with E-state index in [4.69, 9.17) is 4.42 Å². The number of nitrogens with zero attached hydrogens (tertiary/aromatic N) is 3. The lowest BCUT2D eigenvalue weighted by Gasteiger charge is -2.33. The van der Waals surface area contributed by atoms with Gasteiger partial charge in [-0.05, 0) is 37.8 Å². The molecule has 0 unspecified atom stereocenters. The molecule has 116 valence electrons. The minimum Gasteiger partial charge on any atom is -0.423 e. The summed E-state index contributed by atoms with van der Waals surface area (Å²) in [5, 5.41) is 0. The highest BCUT2D eigenvalue weighted by atomic mass is 16.4. The summed E-state index contributed by atoms with van der Waals surface area (Å²) >= 11 is 0. The van der Waals surface area contributed by atoms with Crippen molar-refractivity contribution in [2.45, 2.75) is 44.7 Å². The van der Waals surface area contributed by atoms with Crippen molar-refractivity contribution in [2.75, 3.05) is 18.0 Å². The Hall–Kier alpha value is -2.04. The van der Waals surface area contributed by atoms with E-state index in [9.17, 15) is 4.79 Å². The smallest absolute Gasteiger partial charge is 0.298 e. The van der Waals surface area contributed by atoms with Crippen molar-refractivity contribution < 1.29 is 9.21 Å². The van der Waals surface area contributed by atoms with E-state index in [1.807, 2.05) is 29.2 Å². The van der Waals surface area contributed by atoms with E-state index in [-0.39, 0.29) is 5.91 Å². The summed E-state index contributed by atoms with van der Waals surface area (Å²) in [6.45, 7) is 3.52. The van der Waals surface area contributed by atoms with Crippen LogP contribution in [0.2, 0.25) is 0 Å². The molecule has 3 heterocycles. The molecule has 2 saturated heterocycles. The summed E-state index contributed by atoms with van der Waals surface area (Å²) in [4.78, 5) is 20.8. The average Bonchev–Trinajstić information content (AvgIpc) is 3.24. The van der Waals surface area contributed by atoms with E-state index in [0.29, 0.717) is 18.1 Å². The topological polar surface area (TPSA) is 49.6 Å². The number of amides is 1. The van der Waals surface area contributed by atoms with Crippen LogP contribution in [0.3, 0.4) is 0 Å². The molecule has 0 spiro atoms. The second-order valence-electron chi connectivity index (χ2n) is 6.29. The molecule has 0 aliphatic carbocycles. The summed E-state index contributed by atoms with van der Waals surface area (Å²) in [5.41, 5.74) is 1.73. The first-order chi connectivity index (χ1) is 10.7. The number of benzene rings is 1. The molecule has 2 atom stereocenters. The summed E-state index contributed by atoms with van der Waals surface area (Å²) in [6.07, 6.45) is 4.42. The van der Waals surface area contributed by atoms with Crippen molar-refractivity contribution in [3.8, 4) is 0 Å². The van der Waals surface area contributed by atoms with Gasteiger partial charge in [-0.1, -0.05) is 12.1 Å². The number of oxazole rings is 1. The van der Waals surface area contributed by atoms with Crippen molar-refractivity contribution in [1.82, 2.24) is 9.88 Å². The van der Waals surface area contributed by atoms with Crippen LogP contribution in [0.25, 0.3) is 11.1 Å². The Morgan fingerprint density at radius 3 is 2.77 bits per heavy atom. The van der Waals surface area contributed by atoms with Gasteiger partial charge in [0.25, 0.3) is 6.01 Å². The van der Waals surface area contributed by atoms with Crippen molar-refractivity contribution in [3.05, 3.63) is 24.3 Å². The Labute approximate surface area is 129 Å². The average molecular weight is 299 g/mol. The zero-order valence-corrected chi connectivity index (χ0v) is 12.9. The molecule has 22 heavy (non-hydrogen) atoms. The number of fused-ring (bicyclic) bond motifs is 1. The third-order valence-corrected chi connectivity index (χ3v) is 4.98. The van der Waals surface area contributed by atoms with Gasteiger partial charge in [-0.15, -0.1) is 0 Å². The van der Waals surface area contributed by atoms with Crippen LogP contribution >= 0.6 is 0 Å². The first-order valence-electron chi connectivity index (χ1n) is 8.13. The highest BCUT2D eigenvalue weighted by molar-refractivity contribution is 5.75. The van der Waals surface area contributed by atoms with E-state index in [1.165, 1.54) is 0 Å². The molecule has 5 heteroatoms. The molecule has 1 aromatic carbocycles. The number of hydrogen-bond donors (Lipinski definition) is 0. The molecular weight excluding hydrogens is 278 g/mol. The largest absolute Gasteiger partial charge is 0.423 e. The van der Waals surface area contributed by atoms with E-state index >= 15 is 0 Å². The zero-order valence-electron chi connectivity index (χ0n) is 12.9. The van der Waals surface area contributed by atoms with Gasteiger partial charge in [0, 0.05) is 20.0 Å². The molecule has 0 bridgehead atoms. The predicted molar refractivity (Wildman–Crippen MR) is 84.8 cm³/mol. The number of hydrogen-bond acceptors (Lipinski definition) is 4. The fraction of sp³-hybridized carbons (Fsp3) is 0.529. The summed E-state index contributed by atoms with van der Waals surface area (Å²) in [7, 11) is 0. The maximum absolute atomic E-state index is 11.9. The fourth-order valence-electron chi connectivity index (χ4n) is 4.00. The first kappa shape index (κ1) is 13.6. The van der Waals surface area contributed by atoms with Gasteiger partial charge < -0.3 is 14.2 Å². The van der Waals surface area contributed by atoms with Gasteiger partial charge in [0.2, 0.25) is 5.91 Å². The molecule has 5 nitrogen and oxygen atoms in total. The van der Waals surface area contributed by atoms with Crippen LogP contribution in [-0.4, -0.2) is 41.0 Å². The third-order valence-electron chi connectivity index (χ3n) is 4.98. The quantitative estimate of drug-likeness (QED) is 0.855. The number of carbonyl (C=O) groups is 1. The van der Waals surface area contributed by atoms with E-state index < -0.39 is 0 Å². The van der Waals surface area contributed by atoms with E-state index in [1.54, 1.807) is 6.92 Å². The molecule has 1 amide bonds. The lowest BCUT2D eigenvalue weighted by Crippen LogP contribution is -2.47. The van der Waals surface area contributed by atoms with Crippen LogP contribution in [0, 0.1) is 0 Å². The van der Waals surface area contributed by atoms with Crippen molar-refractivity contribution >= 4 is 23.0 Å². The molecule has 2 aromatic rings. The molecule has 0 saturated carbocycles. The maximum Gasteiger partial charge on any atom is 0.298 e. The van der Waals surface area contributed by atoms with Gasteiger partial charge in [-0.25, -0.2) is 0 Å². The fourth-order valence-corrected chi connectivity index (χ4v) is 4.00. The highest BCUT2D eigenvalue weighted by Crippen LogP contribution is 2.34. The number of para-hydroxylation sites is 2. The maximum atomic E-state index is 11.9.